The van der Waals surface area contributed by atoms with Gasteiger partial charge in [0.2, 0.25) is 12.3 Å². The first-order chi connectivity index (χ1) is 7.18. The molecule has 2 atom stereocenters. The number of rotatable bonds is 2. The Balaban J connectivity index is 1.87. The standard InChI is InChI=1S/C10H16F2N2O/c11-9(12)7-3-5-14(6-7)10(15)8-2-1-4-13-8/h7-9,13H,1-6H2. The van der Waals surface area contributed by atoms with Crippen LogP contribution in [0.5, 0.6) is 0 Å². The predicted octanol–water partition coefficient (Wildman–Crippen LogP) is 0.852. The van der Waals surface area contributed by atoms with Crippen LogP contribution in [0.2, 0.25) is 0 Å². The third-order valence-corrected chi connectivity index (χ3v) is 3.25. The molecule has 3 nitrogen and oxygen atoms in total. The van der Waals surface area contributed by atoms with Gasteiger partial charge < -0.3 is 10.2 Å². The van der Waals surface area contributed by atoms with Crippen molar-refractivity contribution in [1.29, 1.82) is 0 Å². The van der Waals surface area contributed by atoms with Gasteiger partial charge in [-0.05, 0) is 25.8 Å². The smallest absolute Gasteiger partial charge is 0.243 e. The molecule has 2 heterocycles. The second-order valence-electron chi connectivity index (χ2n) is 4.32. The molecule has 2 unspecified atom stereocenters. The molecule has 2 saturated heterocycles. The van der Waals surface area contributed by atoms with Crippen LogP contribution in [0.15, 0.2) is 0 Å². The van der Waals surface area contributed by atoms with Crippen LogP contribution in [-0.4, -0.2) is 42.9 Å². The maximum Gasteiger partial charge on any atom is 0.243 e. The predicted molar refractivity (Wildman–Crippen MR) is 51.7 cm³/mol. The Morgan fingerprint density at radius 2 is 2.20 bits per heavy atom. The number of halogens is 2. The van der Waals surface area contributed by atoms with E-state index in [-0.39, 0.29) is 18.5 Å². The van der Waals surface area contributed by atoms with Gasteiger partial charge in [0.1, 0.15) is 0 Å². The summed E-state index contributed by atoms with van der Waals surface area (Å²) in [4.78, 5) is 13.4. The third-order valence-electron chi connectivity index (χ3n) is 3.25. The fourth-order valence-corrected chi connectivity index (χ4v) is 2.31. The molecule has 5 heteroatoms. The Kier molecular flexibility index (Phi) is 3.19. The largest absolute Gasteiger partial charge is 0.341 e. The van der Waals surface area contributed by atoms with Crippen LogP contribution in [0.4, 0.5) is 8.78 Å². The molecule has 0 aromatic rings. The second-order valence-corrected chi connectivity index (χ2v) is 4.32. The van der Waals surface area contributed by atoms with Crippen LogP contribution in [0.1, 0.15) is 19.3 Å². The molecule has 1 amide bonds. The van der Waals surface area contributed by atoms with E-state index in [1.54, 1.807) is 4.90 Å². The van der Waals surface area contributed by atoms with Crippen LogP contribution in [-0.2, 0) is 4.79 Å². The minimum Gasteiger partial charge on any atom is -0.341 e. The van der Waals surface area contributed by atoms with Crippen LogP contribution in [0, 0.1) is 5.92 Å². The van der Waals surface area contributed by atoms with E-state index < -0.39 is 12.3 Å². The summed E-state index contributed by atoms with van der Waals surface area (Å²) in [6.07, 6.45) is -0.00723. The molecular formula is C10H16F2N2O. The van der Waals surface area contributed by atoms with Gasteiger partial charge in [0, 0.05) is 19.0 Å². The van der Waals surface area contributed by atoms with E-state index in [9.17, 15) is 13.6 Å². The molecule has 2 rings (SSSR count). The first kappa shape index (κ1) is 10.8. The van der Waals surface area contributed by atoms with Crippen molar-refractivity contribution in [3.8, 4) is 0 Å². The second kappa shape index (κ2) is 4.43. The topological polar surface area (TPSA) is 32.3 Å². The summed E-state index contributed by atoms with van der Waals surface area (Å²) in [6, 6.07) is -0.124. The van der Waals surface area contributed by atoms with Crippen molar-refractivity contribution in [3.63, 3.8) is 0 Å². The number of nitrogens with zero attached hydrogens (tertiary/aromatic N) is 1. The number of hydrogen-bond acceptors (Lipinski definition) is 2. The average Bonchev–Trinajstić information content (AvgIpc) is 2.88. The molecule has 0 spiro atoms. The Bertz CT molecular complexity index is 242. The van der Waals surface area contributed by atoms with E-state index in [0.717, 1.165) is 19.4 Å². The first-order valence-electron chi connectivity index (χ1n) is 5.49. The molecule has 1 N–H and O–H groups in total. The van der Waals surface area contributed by atoms with Gasteiger partial charge in [-0.3, -0.25) is 4.79 Å². The third kappa shape index (κ3) is 2.27. The number of amides is 1. The van der Waals surface area contributed by atoms with Crippen molar-refractivity contribution < 1.29 is 13.6 Å². The summed E-state index contributed by atoms with van der Waals surface area (Å²) >= 11 is 0. The Hall–Kier alpha value is -0.710. The van der Waals surface area contributed by atoms with Crippen LogP contribution >= 0.6 is 0 Å². The SMILES string of the molecule is O=C(C1CCCN1)N1CCC(C(F)F)C1. The highest BCUT2D eigenvalue weighted by atomic mass is 19.3. The normalized spacial score (nSPS) is 31.5. The van der Waals surface area contributed by atoms with Gasteiger partial charge in [-0.25, -0.2) is 8.78 Å². The summed E-state index contributed by atoms with van der Waals surface area (Å²) < 4.78 is 24.8. The number of carbonyl (C=O) groups is 1. The fourth-order valence-electron chi connectivity index (χ4n) is 2.31. The Morgan fingerprint density at radius 3 is 2.73 bits per heavy atom. The number of hydrogen-bond donors (Lipinski definition) is 1. The van der Waals surface area contributed by atoms with Gasteiger partial charge in [0.15, 0.2) is 0 Å². The van der Waals surface area contributed by atoms with Crippen LogP contribution < -0.4 is 5.32 Å². The molecular weight excluding hydrogens is 202 g/mol. The molecule has 0 saturated carbocycles. The number of carbonyl (C=O) groups excluding carboxylic acids is 1. The molecule has 86 valence electrons. The minimum absolute atomic E-state index is 0.00986. The van der Waals surface area contributed by atoms with E-state index in [0.29, 0.717) is 13.0 Å². The van der Waals surface area contributed by atoms with E-state index in [4.69, 9.17) is 0 Å². The Labute approximate surface area is 87.8 Å². The molecule has 2 aliphatic heterocycles. The van der Waals surface area contributed by atoms with Gasteiger partial charge in [-0.2, -0.15) is 0 Å². The van der Waals surface area contributed by atoms with E-state index in [1.807, 2.05) is 0 Å². The molecule has 2 aliphatic rings. The lowest BCUT2D eigenvalue weighted by Gasteiger charge is -2.20. The molecule has 0 bridgehead atoms. The minimum atomic E-state index is -2.29. The molecule has 0 aromatic heterocycles. The van der Waals surface area contributed by atoms with Crippen molar-refractivity contribution in [1.82, 2.24) is 10.2 Å². The van der Waals surface area contributed by atoms with Crippen LogP contribution in [0.25, 0.3) is 0 Å². The quantitative estimate of drug-likeness (QED) is 0.745. The zero-order chi connectivity index (χ0) is 10.8. The van der Waals surface area contributed by atoms with Crippen molar-refractivity contribution >= 4 is 5.91 Å². The summed E-state index contributed by atoms with van der Waals surface area (Å²) in [7, 11) is 0. The highest BCUT2D eigenvalue weighted by molar-refractivity contribution is 5.82. The fraction of sp³-hybridized carbons (Fsp3) is 0.900. The van der Waals surface area contributed by atoms with Crippen molar-refractivity contribution in [2.45, 2.75) is 31.7 Å². The molecule has 0 aromatic carbocycles. The number of likely N-dealkylation sites (tertiary alicyclic amines) is 1. The highest BCUT2D eigenvalue weighted by Gasteiger charge is 2.35. The van der Waals surface area contributed by atoms with Crippen LogP contribution in [0.3, 0.4) is 0 Å². The van der Waals surface area contributed by atoms with Gasteiger partial charge in [0.25, 0.3) is 0 Å². The first-order valence-corrected chi connectivity index (χ1v) is 5.49. The zero-order valence-corrected chi connectivity index (χ0v) is 8.59. The molecule has 15 heavy (non-hydrogen) atoms. The molecule has 2 fully saturated rings. The van der Waals surface area contributed by atoms with Gasteiger partial charge in [0.05, 0.1) is 6.04 Å². The summed E-state index contributed by atoms with van der Waals surface area (Å²) in [5.74, 6) is -0.606. The van der Waals surface area contributed by atoms with E-state index >= 15 is 0 Å². The highest BCUT2D eigenvalue weighted by Crippen LogP contribution is 2.24. The van der Waals surface area contributed by atoms with Gasteiger partial charge >= 0.3 is 0 Å². The lowest BCUT2D eigenvalue weighted by molar-refractivity contribution is -0.132. The van der Waals surface area contributed by atoms with Gasteiger partial charge in [-0.15, -0.1) is 0 Å². The van der Waals surface area contributed by atoms with E-state index in [1.165, 1.54) is 0 Å². The zero-order valence-electron chi connectivity index (χ0n) is 8.59. The summed E-state index contributed by atoms with van der Waals surface area (Å²) in [5.41, 5.74) is 0. The lowest BCUT2D eigenvalue weighted by Crippen LogP contribution is -2.42. The number of alkyl halides is 2. The molecule has 0 aliphatic carbocycles. The average molecular weight is 218 g/mol. The molecule has 0 radical (unpaired) electrons. The van der Waals surface area contributed by atoms with Gasteiger partial charge in [-0.1, -0.05) is 0 Å². The maximum absolute atomic E-state index is 12.4. The van der Waals surface area contributed by atoms with Crippen molar-refractivity contribution in [2.24, 2.45) is 5.92 Å². The summed E-state index contributed by atoms with van der Waals surface area (Å²) in [5, 5.41) is 3.10. The summed E-state index contributed by atoms with van der Waals surface area (Å²) in [6.45, 7) is 1.59. The van der Waals surface area contributed by atoms with Crippen molar-refractivity contribution in [3.05, 3.63) is 0 Å². The lowest BCUT2D eigenvalue weighted by atomic mass is 10.1. The number of nitrogens with one attached hydrogen (secondary N) is 1. The Morgan fingerprint density at radius 1 is 1.40 bits per heavy atom. The maximum atomic E-state index is 12.4. The monoisotopic (exact) mass is 218 g/mol. The van der Waals surface area contributed by atoms with Crippen molar-refractivity contribution in [2.75, 3.05) is 19.6 Å². The van der Waals surface area contributed by atoms with E-state index in [2.05, 4.69) is 5.32 Å².